The number of sulfonamides is 1. The van der Waals surface area contributed by atoms with Crippen LogP contribution >= 0.6 is 0 Å². The monoisotopic (exact) mass is 422 g/mol. The molecule has 0 bridgehead atoms. The summed E-state index contributed by atoms with van der Waals surface area (Å²) < 4.78 is 43.7. The first-order chi connectivity index (χ1) is 13.6. The number of amides is 1. The van der Waals surface area contributed by atoms with Crippen molar-refractivity contribution in [3.05, 3.63) is 59.4 Å². The minimum absolute atomic E-state index is 0.161. The SMILES string of the molecule is CCOC(=O)c1cccc(NC(=O)[C@H](C)N(c2ccc(F)cc2)S(C)(=O)=O)c1C. The predicted octanol–water partition coefficient (Wildman–Crippen LogP) is 3.10. The molecule has 0 radical (unpaired) electrons. The van der Waals surface area contributed by atoms with E-state index < -0.39 is 33.8 Å². The molecule has 156 valence electrons. The van der Waals surface area contributed by atoms with Crippen LogP contribution in [0.1, 0.15) is 29.8 Å². The number of esters is 1. The van der Waals surface area contributed by atoms with Crippen molar-refractivity contribution in [2.75, 3.05) is 22.5 Å². The summed E-state index contributed by atoms with van der Waals surface area (Å²) in [5.74, 6) is -1.65. The van der Waals surface area contributed by atoms with E-state index in [2.05, 4.69) is 5.32 Å². The average Bonchev–Trinajstić information content (AvgIpc) is 2.64. The van der Waals surface area contributed by atoms with Gasteiger partial charge in [0, 0.05) is 5.69 Å². The van der Waals surface area contributed by atoms with Crippen LogP contribution in [-0.2, 0) is 19.6 Å². The molecule has 0 aliphatic rings. The van der Waals surface area contributed by atoms with E-state index in [1.807, 2.05) is 0 Å². The Labute approximate surface area is 169 Å². The molecule has 0 saturated carbocycles. The third-order valence-corrected chi connectivity index (χ3v) is 5.50. The van der Waals surface area contributed by atoms with Crippen LogP contribution in [0, 0.1) is 12.7 Å². The van der Waals surface area contributed by atoms with Crippen LogP contribution in [0.4, 0.5) is 15.8 Å². The van der Waals surface area contributed by atoms with Gasteiger partial charge in [-0.15, -0.1) is 0 Å². The molecule has 0 spiro atoms. The molecule has 0 saturated heterocycles. The van der Waals surface area contributed by atoms with E-state index in [1.165, 1.54) is 19.1 Å². The number of halogens is 1. The van der Waals surface area contributed by atoms with Gasteiger partial charge in [-0.1, -0.05) is 6.07 Å². The maximum absolute atomic E-state index is 13.2. The van der Waals surface area contributed by atoms with Crippen LogP contribution in [0.15, 0.2) is 42.5 Å². The fourth-order valence-corrected chi connectivity index (χ4v) is 4.01. The molecule has 0 aliphatic carbocycles. The van der Waals surface area contributed by atoms with E-state index in [4.69, 9.17) is 4.74 Å². The van der Waals surface area contributed by atoms with Crippen molar-refractivity contribution in [3.63, 3.8) is 0 Å². The van der Waals surface area contributed by atoms with Gasteiger partial charge in [-0.25, -0.2) is 17.6 Å². The van der Waals surface area contributed by atoms with Gasteiger partial charge in [-0.3, -0.25) is 9.10 Å². The van der Waals surface area contributed by atoms with Gasteiger partial charge in [-0.05, 0) is 62.7 Å². The van der Waals surface area contributed by atoms with Crippen molar-refractivity contribution in [2.24, 2.45) is 0 Å². The smallest absolute Gasteiger partial charge is 0.338 e. The van der Waals surface area contributed by atoms with Crippen molar-refractivity contribution < 1.29 is 27.1 Å². The normalized spacial score (nSPS) is 12.2. The Bertz CT molecular complexity index is 1010. The summed E-state index contributed by atoms with van der Waals surface area (Å²) in [6.45, 7) is 4.98. The van der Waals surface area contributed by atoms with Crippen molar-refractivity contribution in [1.82, 2.24) is 0 Å². The second kappa shape index (κ2) is 9.04. The first-order valence-electron chi connectivity index (χ1n) is 8.88. The third-order valence-electron chi connectivity index (χ3n) is 4.26. The number of carbonyl (C=O) groups excluding carboxylic acids is 2. The van der Waals surface area contributed by atoms with E-state index in [0.717, 1.165) is 22.7 Å². The lowest BCUT2D eigenvalue weighted by molar-refractivity contribution is -0.116. The van der Waals surface area contributed by atoms with E-state index in [1.54, 1.807) is 32.0 Å². The summed E-state index contributed by atoms with van der Waals surface area (Å²) in [4.78, 5) is 24.8. The topological polar surface area (TPSA) is 92.8 Å². The van der Waals surface area contributed by atoms with Crippen molar-refractivity contribution in [2.45, 2.75) is 26.8 Å². The molecule has 0 aromatic heterocycles. The standard InChI is InChI=1S/C20H23FN2O5S/c1-5-28-20(25)17-7-6-8-18(13(17)2)22-19(24)14(3)23(29(4,26)27)16-11-9-15(21)10-12-16/h6-12,14H,5H2,1-4H3,(H,22,24)/t14-/m0/s1. The zero-order valence-corrected chi connectivity index (χ0v) is 17.4. The lowest BCUT2D eigenvalue weighted by Crippen LogP contribution is -2.45. The molecular weight excluding hydrogens is 399 g/mol. The zero-order valence-electron chi connectivity index (χ0n) is 16.6. The van der Waals surface area contributed by atoms with Gasteiger partial charge >= 0.3 is 5.97 Å². The number of hydrogen-bond acceptors (Lipinski definition) is 5. The van der Waals surface area contributed by atoms with Gasteiger partial charge in [0.25, 0.3) is 0 Å². The molecule has 0 unspecified atom stereocenters. The van der Waals surface area contributed by atoms with Crippen molar-refractivity contribution in [3.8, 4) is 0 Å². The van der Waals surface area contributed by atoms with Crippen LogP contribution in [0.5, 0.6) is 0 Å². The summed E-state index contributed by atoms with van der Waals surface area (Å²) >= 11 is 0. The molecule has 1 amide bonds. The van der Waals surface area contributed by atoms with Gasteiger partial charge in [-0.2, -0.15) is 0 Å². The number of hydrogen-bond donors (Lipinski definition) is 1. The van der Waals surface area contributed by atoms with E-state index in [0.29, 0.717) is 16.8 Å². The summed E-state index contributed by atoms with van der Waals surface area (Å²) in [6, 6.07) is 8.45. The molecule has 2 rings (SSSR count). The molecule has 2 aromatic carbocycles. The van der Waals surface area contributed by atoms with Gasteiger partial charge < -0.3 is 10.1 Å². The first-order valence-corrected chi connectivity index (χ1v) is 10.7. The fourth-order valence-electron chi connectivity index (χ4n) is 2.84. The van der Waals surface area contributed by atoms with Crippen molar-refractivity contribution >= 4 is 33.3 Å². The number of nitrogens with zero attached hydrogens (tertiary/aromatic N) is 1. The maximum Gasteiger partial charge on any atom is 0.338 e. The third kappa shape index (κ3) is 5.32. The fraction of sp³-hybridized carbons (Fsp3) is 0.300. The summed E-state index contributed by atoms with van der Waals surface area (Å²) in [7, 11) is -3.83. The molecule has 9 heteroatoms. The van der Waals surface area contributed by atoms with Gasteiger partial charge in [0.15, 0.2) is 0 Å². The highest BCUT2D eigenvalue weighted by atomic mass is 32.2. The molecular formula is C20H23FN2O5S. The highest BCUT2D eigenvalue weighted by molar-refractivity contribution is 7.92. The molecule has 1 atom stereocenters. The van der Waals surface area contributed by atoms with Gasteiger partial charge in [0.2, 0.25) is 15.9 Å². The van der Waals surface area contributed by atoms with E-state index in [9.17, 15) is 22.4 Å². The van der Waals surface area contributed by atoms with Crippen LogP contribution in [-0.4, -0.2) is 39.2 Å². The molecule has 2 aromatic rings. The van der Waals surface area contributed by atoms with Crippen LogP contribution in [0.2, 0.25) is 0 Å². The van der Waals surface area contributed by atoms with Crippen LogP contribution in [0.3, 0.4) is 0 Å². The minimum Gasteiger partial charge on any atom is -0.462 e. The number of carbonyl (C=O) groups is 2. The van der Waals surface area contributed by atoms with Gasteiger partial charge in [0.1, 0.15) is 11.9 Å². The molecule has 7 nitrogen and oxygen atoms in total. The highest BCUT2D eigenvalue weighted by Crippen LogP contribution is 2.24. The Balaban J connectivity index is 2.32. The average molecular weight is 422 g/mol. The Kier molecular flexibility index (Phi) is 6.97. The lowest BCUT2D eigenvalue weighted by Gasteiger charge is -2.28. The number of nitrogens with one attached hydrogen (secondary N) is 1. The van der Waals surface area contributed by atoms with Gasteiger partial charge in [0.05, 0.1) is 24.1 Å². The second-order valence-corrected chi connectivity index (χ2v) is 8.26. The zero-order chi connectivity index (χ0) is 21.8. The lowest BCUT2D eigenvalue weighted by atomic mass is 10.1. The highest BCUT2D eigenvalue weighted by Gasteiger charge is 2.29. The largest absolute Gasteiger partial charge is 0.462 e. The van der Waals surface area contributed by atoms with E-state index in [-0.39, 0.29) is 12.3 Å². The summed E-state index contributed by atoms with van der Waals surface area (Å²) in [5, 5.41) is 2.65. The molecule has 0 fully saturated rings. The summed E-state index contributed by atoms with van der Waals surface area (Å²) in [5.41, 5.74) is 1.32. The maximum atomic E-state index is 13.2. The summed E-state index contributed by atoms with van der Waals surface area (Å²) in [6.07, 6.45) is 0.965. The molecule has 1 N–H and O–H groups in total. The number of anilines is 2. The number of rotatable bonds is 7. The van der Waals surface area contributed by atoms with Crippen LogP contribution < -0.4 is 9.62 Å². The molecule has 0 heterocycles. The van der Waals surface area contributed by atoms with Crippen LogP contribution in [0.25, 0.3) is 0 Å². The van der Waals surface area contributed by atoms with Crippen molar-refractivity contribution in [1.29, 1.82) is 0 Å². The predicted molar refractivity (Wildman–Crippen MR) is 109 cm³/mol. The quantitative estimate of drug-likeness (QED) is 0.692. The first kappa shape index (κ1) is 22.4. The molecule has 29 heavy (non-hydrogen) atoms. The molecule has 0 aliphatic heterocycles. The second-order valence-electron chi connectivity index (χ2n) is 6.40. The Hall–Kier alpha value is -2.94. The van der Waals surface area contributed by atoms with E-state index >= 15 is 0 Å². The Morgan fingerprint density at radius 1 is 1.17 bits per heavy atom. The number of benzene rings is 2. The number of ether oxygens (including phenoxy) is 1. The minimum atomic E-state index is -3.83. The Morgan fingerprint density at radius 3 is 2.34 bits per heavy atom. The Morgan fingerprint density at radius 2 is 1.79 bits per heavy atom.